The Morgan fingerprint density at radius 1 is 1.07 bits per heavy atom. The Balaban J connectivity index is -0.000000605. The number of rotatable bonds is 5. The van der Waals surface area contributed by atoms with Gasteiger partial charge in [0.25, 0.3) is 0 Å². The third kappa shape index (κ3) is 6.33. The molecule has 0 amide bonds. The zero-order valence-corrected chi connectivity index (χ0v) is 10.5. The Morgan fingerprint density at radius 3 is 1.79 bits per heavy atom. The van der Waals surface area contributed by atoms with Crippen LogP contribution in [0.3, 0.4) is 0 Å². The average molecular weight is 235 g/mol. The second-order valence-electron chi connectivity index (χ2n) is 2.36. The van der Waals surface area contributed by atoms with Crippen molar-refractivity contribution in [1.29, 1.82) is 0 Å². The summed E-state index contributed by atoms with van der Waals surface area (Å²) in [6.45, 7) is -0.760. The molecule has 0 heterocycles. The molecule has 0 spiro atoms. The summed E-state index contributed by atoms with van der Waals surface area (Å²) in [5.41, 5.74) is 0. The first kappa shape index (κ1) is 20.3. The molecule has 0 aromatic carbocycles. The number of aliphatic hydroxyl groups excluding tert-OH is 5. The molecule has 0 rings (SSSR count). The zero-order valence-electron chi connectivity index (χ0n) is 7.65. The molecule has 14 heavy (non-hydrogen) atoms. The third-order valence-electron chi connectivity index (χ3n) is 1.42. The fraction of sp³-hybridized carbons (Fsp3) is 0.833. The fourth-order valence-electron chi connectivity index (χ4n) is 0.618. The van der Waals surface area contributed by atoms with Crippen molar-refractivity contribution < 1.29 is 30.3 Å². The van der Waals surface area contributed by atoms with E-state index in [9.17, 15) is 4.79 Å². The molecule has 79 valence electrons. The number of carbonyl (C=O) groups excluding carboxylic acids is 1. The van der Waals surface area contributed by atoms with E-state index >= 15 is 0 Å². The first-order valence-electron chi connectivity index (χ1n) is 3.33. The zero-order chi connectivity index (χ0) is 9.72. The maximum atomic E-state index is 9.90. The molecule has 0 unspecified atom stereocenters. The molecule has 0 aliphatic carbocycles. The van der Waals surface area contributed by atoms with E-state index in [0.29, 0.717) is 0 Å². The van der Waals surface area contributed by atoms with Gasteiger partial charge in [0.15, 0.2) is 6.29 Å². The van der Waals surface area contributed by atoms with Crippen LogP contribution in [-0.4, -0.2) is 92.4 Å². The summed E-state index contributed by atoms with van der Waals surface area (Å²) >= 11 is 0. The summed E-state index contributed by atoms with van der Waals surface area (Å²) < 4.78 is 0. The smallest absolute Gasteiger partial charge is 0.151 e. The molecular formula is C6H12NaO6S. The number of aliphatic hydroxyl groups is 5. The van der Waals surface area contributed by atoms with E-state index in [4.69, 9.17) is 25.5 Å². The van der Waals surface area contributed by atoms with E-state index in [1.54, 1.807) is 0 Å². The van der Waals surface area contributed by atoms with Crippen molar-refractivity contribution in [3.05, 3.63) is 0 Å². The fourth-order valence-corrected chi connectivity index (χ4v) is 0.618. The van der Waals surface area contributed by atoms with Gasteiger partial charge in [-0.3, -0.25) is 0 Å². The minimum atomic E-state index is -1.79. The number of aldehydes is 1. The second kappa shape index (κ2) is 10.3. The SMILES string of the molecule is O=C[C@H](O)[C@@H](O)[C@H](O)[C@H](O)CO.[Na].[S]. The maximum absolute atomic E-state index is 9.90. The monoisotopic (exact) mass is 235 g/mol. The van der Waals surface area contributed by atoms with Crippen LogP contribution in [0.1, 0.15) is 0 Å². The third-order valence-corrected chi connectivity index (χ3v) is 1.42. The van der Waals surface area contributed by atoms with E-state index in [1.165, 1.54) is 0 Å². The summed E-state index contributed by atoms with van der Waals surface area (Å²) in [6, 6.07) is 0. The Hall–Kier alpha value is 0.820. The van der Waals surface area contributed by atoms with E-state index < -0.39 is 31.0 Å². The number of hydrogen-bond acceptors (Lipinski definition) is 6. The Kier molecular flexibility index (Phi) is 15.0. The van der Waals surface area contributed by atoms with Crippen LogP contribution in [0, 0.1) is 0 Å². The van der Waals surface area contributed by atoms with Crippen molar-refractivity contribution >= 4 is 49.3 Å². The molecule has 0 fully saturated rings. The van der Waals surface area contributed by atoms with Gasteiger partial charge in [0.2, 0.25) is 0 Å². The predicted molar refractivity (Wildman–Crippen MR) is 50.5 cm³/mol. The van der Waals surface area contributed by atoms with Crippen LogP contribution in [0.2, 0.25) is 0 Å². The van der Waals surface area contributed by atoms with Crippen LogP contribution in [0.25, 0.3) is 0 Å². The molecule has 3 radical (unpaired) electrons. The van der Waals surface area contributed by atoms with Crippen LogP contribution in [0.4, 0.5) is 0 Å². The van der Waals surface area contributed by atoms with Crippen LogP contribution in [0.15, 0.2) is 0 Å². The number of carbonyl (C=O) groups is 1. The van der Waals surface area contributed by atoms with Crippen molar-refractivity contribution in [2.45, 2.75) is 24.4 Å². The summed E-state index contributed by atoms with van der Waals surface area (Å²) in [5, 5.41) is 43.5. The van der Waals surface area contributed by atoms with E-state index in [2.05, 4.69) is 0 Å². The average Bonchev–Trinajstić information content (AvgIpc) is 2.12. The van der Waals surface area contributed by atoms with Crippen molar-refractivity contribution in [2.75, 3.05) is 6.61 Å². The van der Waals surface area contributed by atoms with Crippen LogP contribution < -0.4 is 0 Å². The van der Waals surface area contributed by atoms with Gasteiger partial charge in [-0.2, -0.15) is 0 Å². The first-order chi connectivity index (χ1) is 5.54. The minimum absolute atomic E-state index is 0. The first-order valence-corrected chi connectivity index (χ1v) is 3.33. The maximum Gasteiger partial charge on any atom is 0.151 e. The molecule has 5 N–H and O–H groups in total. The largest absolute Gasteiger partial charge is 0.394 e. The quantitative estimate of drug-likeness (QED) is 0.254. The predicted octanol–water partition coefficient (Wildman–Crippen LogP) is -3.11. The van der Waals surface area contributed by atoms with Gasteiger partial charge in [-0.25, -0.2) is 0 Å². The van der Waals surface area contributed by atoms with Gasteiger partial charge < -0.3 is 30.3 Å². The van der Waals surface area contributed by atoms with Gasteiger partial charge in [0, 0.05) is 43.1 Å². The summed E-state index contributed by atoms with van der Waals surface area (Å²) in [6.07, 6.45) is -6.84. The van der Waals surface area contributed by atoms with E-state index in [0.717, 1.165) is 0 Å². The molecular weight excluding hydrogens is 223 g/mol. The van der Waals surface area contributed by atoms with Gasteiger partial charge in [0.1, 0.15) is 24.4 Å². The Bertz CT molecular complexity index is 148. The van der Waals surface area contributed by atoms with E-state index in [1.807, 2.05) is 0 Å². The van der Waals surface area contributed by atoms with Crippen LogP contribution in [-0.2, 0) is 4.79 Å². The molecule has 8 heteroatoms. The summed E-state index contributed by atoms with van der Waals surface area (Å²) in [7, 11) is 0. The van der Waals surface area contributed by atoms with Gasteiger partial charge in [-0.1, -0.05) is 0 Å². The molecule has 0 saturated carbocycles. The standard InChI is InChI=1S/C6H12O6.Na.S/c7-1-3(9)5(11)6(12)4(10)2-8;;/h1,3-6,8-12H,2H2;;/t3-,4+,5+,6+;;/m0../s1. The molecule has 0 saturated heterocycles. The summed E-state index contributed by atoms with van der Waals surface area (Å²) in [5.74, 6) is 0. The molecule has 0 aromatic heterocycles. The molecule has 0 aromatic rings. The van der Waals surface area contributed by atoms with Gasteiger partial charge in [-0.15, -0.1) is 0 Å². The molecule has 6 nitrogen and oxygen atoms in total. The van der Waals surface area contributed by atoms with Crippen molar-refractivity contribution in [2.24, 2.45) is 0 Å². The molecule has 4 atom stereocenters. The normalized spacial score (nSPS) is 18.1. The van der Waals surface area contributed by atoms with Crippen LogP contribution in [0.5, 0.6) is 0 Å². The van der Waals surface area contributed by atoms with Crippen molar-refractivity contribution in [1.82, 2.24) is 0 Å². The van der Waals surface area contributed by atoms with Crippen molar-refractivity contribution in [3.63, 3.8) is 0 Å². The molecule has 0 aliphatic rings. The van der Waals surface area contributed by atoms with Gasteiger partial charge in [-0.05, 0) is 0 Å². The second-order valence-corrected chi connectivity index (χ2v) is 2.36. The van der Waals surface area contributed by atoms with Gasteiger partial charge in [0.05, 0.1) is 6.61 Å². The molecule has 0 aliphatic heterocycles. The number of hydrogen-bond donors (Lipinski definition) is 5. The Morgan fingerprint density at radius 2 is 1.50 bits per heavy atom. The van der Waals surface area contributed by atoms with Crippen molar-refractivity contribution in [3.8, 4) is 0 Å². The Labute approximate surface area is 110 Å². The topological polar surface area (TPSA) is 118 Å². The summed E-state index contributed by atoms with van der Waals surface area (Å²) in [4.78, 5) is 9.90. The van der Waals surface area contributed by atoms with E-state index in [-0.39, 0.29) is 49.3 Å². The van der Waals surface area contributed by atoms with Crippen LogP contribution >= 0.6 is 13.5 Å². The minimum Gasteiger partial charge on any atom is -0.394 e. The molecule has 0 bridgehead atoms. The van der Waals surface area contributed by atoms with Gasteiger partial charge >= 0.3 is 0 Å².